The van der Waals surface area contributed by atoms with Gasteiger partial charge < -0.3 is 25.2 Å². The summed E-state index contributed by atoms with van der Waals surface area (Å²) < 4.78 is 47.7. The molecule has 2 saturated heterocycles. The fraction of sp³-hybridized carbons (Fsp3) is 0.652. The molecule has 0 bridgehead atoms. The van der Waals surface area contributed by atoms with Crippen molar-refractivity contribution in [2.24, 2.45) is 0 Å². The molecule has 2 N–H and O–H groups in total. The number of nitrogens with zero attached hydrogens (tertiary/aromatic N) is 6. The van der Waals surface area contributed by atoms with Crippen LogP contribution in [0, 0.1) is 6.92 Å². The molecular weight excluding hydrogens is 477 g/mol. The highest BCUT2D eigenvalue weighted by molar-refractivity contribution is 5.67. The summed E-state index contributed by atoms with van der Waals surface area (Å²) in [7, 11) is 2.09. The molecule has 2 aliphatic heterocycles. The summed E-state index contributed by atoms with van der Waals surface area (Å²) in [5.41, 5.74) is -0.0907. The minimum Gasteiger partial charge on any atom is -0.449 e. The van der Waals surface area contributed by atoms with Gasteiger partial charge in [-0.15, -0.1) is 0 Å². The smallest absolute Gasteiger partial charge is 0.421 e. The van der Waals surface area contributed by atoms with Gasteiger partial charge in [0.05, 0.1) is 12.6 Å². The van der Waals surface area contributed by atoms with E-state index in [9.17, 15) is 18.0 Å². The number of carbonyl (C=O) groups excluding carboxylic acids is 1. The number of ether oxygens (including phenoxy) is 1. The molecule has 2 aromatic heterocycles. The van der Waals surface area contributed by atoms with Crippen LogP contribution >= 0.6 is 0 Å². The van der Waals surface area contributed by atoms with Crippen LogP contribution in [-0.4, -0.2) is 82.0 Å². The Bertz CT molecular complexity index is 1040. The van der Waals surface area contributed by atoms with E-state index in [4.69, 9.17) is 4.74 Å². The molecule has 2 fully saturated rings. The average molecular weight is 511 g/mol. The number of hydrogen-bond donors (Lipinski definition) is 2. The maximum absolute atomic E-state index is 13.6. The Hall–Kier alpha value is -3.09. The molecule has 36 heavy (non-hydrogen) atoms. The van der Waals surface area contributed by atoms with E-state index in [0.717, 1.165) is 50.5 Å². The summed E-state index contributed by atoms with van der Waals surface area (Å²) in [6, 6.07) is 0.280. The minimum atomic E-state index is -4.61. The first kappa shape index (κ1) is 26.0. The van der Waals surface area contributed by atoms with Crippen molar-refractivity contribution in [1.82, 2.24) is 29.5 Å². The monoisotopic (exact) mass is 510 g/mol. The lowest BCUT2D eigenvalue weighted by Crippen LogP contribution is -2.32. The van der Waals surface area contributed by atoms with Gasteiger partial charge in [0.25, 0.3) is 0 Å². The number of cyclic esters (lactones) is 1. The molecule has 0 radical (unpaired) electrons. The lowest BCUT2D eigenvalue weighted by Gasteiger charge is -2.28. The van der Waals surface area contributed by atoms with Gasteiger partial charge in [-0.25, -0.2) is 9.78 Å². The normalized spacial score (nSPS) is 18.1. The van der Waals surface area contributed by atoms with Crippen LogP contribution in [-0.2, 0) is 10.9 Å². The topological polar surface area (TPSA) is 100 Å². The van der Waals surface area contributed by atoms with Crippen molar-refractivity contribution < 1.29 is 22.7 Å². The van der Waals surface area contributed by atoms with Gasteiger partial charge in [0.1, 0.15) is 11.4 Å². The first-order chi connectivity index (χ1) is 17.2. The van der Waals surface area contributed by atoms with E-state index >= 15 is 0 Å². The third-order valence-corrected chi connectivity index (χ3v) is 6.50. The Morgan fingerprint density at radius 3 is 2.69 bits per heavy atom. The van der Waals surface area contributed by atoms with Crippen LogP contribution in [0.4, 0.5) is 35.5 Å². The number of likely N-dealkylation sites (tertiary alicyclic amines) is 1. The lowest BCUT2D eigenvalue weighted by atomic mass is 10.1. The van der Waals surface area contributed by atoms with Gasteiger partial charge in [-0.1, -0.05) is 0 Å². The van der Waals surface area contributed by atoms with Crippen molar-refractivity contribution in [2.75, 3.05) is 57.0 Å². The Balaban J connectivity index is 1.41. The molecule has 0 atom stereocenters. The van der Waals surface area contributed by atoms with Gasteiger partial charge in [-0.3, -0.25) is 4.68 Å². The van der Waals surface area contributed by atoms with Crippen molar-refractivity contribution in [3.8, 4) is 0 Å². The molecule has 4 heterocycles. The molecule has 0 saturated carbocycles. The highest BCUT2D eigenvalue weighted by atomic mass is 19.4. The van der Waals surface area contributed by atoms with Crippen LogP contribution in [0.15, 0.2) is 12.4 Å². The predicted molar refractivity (Wildman–Crippen MR) is 128 cm³/mol. The van der Waals surface area contributed by atoms with E-state index in [0.29, 0.717) is 31.9 Å². The molecule has 4 rings (SSSR count). The summed E-state index contributed by atoms with van der Waals surface area (Å²) in [4.78, 5) is 23.8. The van der Waals surface area contributed by atoms with Crippen molar-refractivity contribution in [2.45, 2.75) is 51.2 Å². The maximum atomic E-state index is 13.6. The third kappa shape index (κ3) is 6.56. The van der Waals surface area contributed by atoms with Crippen molar-refractivity contribution >= 4 is 23.7 Å². The number of carbonyl (C=O) groups is 1. The minimum absolute atomic E-state index is 0.0262. The third-order valence-electron chi connectivity index (χ3n) is 6.50. The van der Waals surface area contributed by atoms with Crippen LogP contribution in [0.2, 0.25) is 0 Å². The van der Waals surface area contributed by atoms with Crippen LogP contribution in [0.3, 0.4) is 0 Å². The van der Waals surface area contributed by atoms with Gasteiger partial charge in [-0.05, 0) is 59.2 Å². The molecule has 198 valence electrons. The molecule has 10 nitrogen and oxygen atoms in total. The number of alkyl halides is 3. The van der Waals surface area contributed by atoms with Crippen LogP contribution in [0.1, 0.15) is 49.3 Å². The van der Waals surface area contributed by atoms with Crippen LogP contribution < -0.4 is 10.6 Å². The summed E-state index contributed by atoms with van der Waals surface area (Å²) in [6.45, 7) is 5.43. The Kier molecular flexibility index (Phi) is 8.17. The second-order valence-corrected chi connectivity index (χ2v) is 9.34. The Morgan fingerprint density at radius 1 is 1.17 bits per heavy atom. The first-order valence-electron chi connectivity index (χ1n) is 12.3. The van der Waals surface area contributed by atoms with Gasteiger partial charge in [0.2, 0.25) is 5.95 Å². The first-order valence-corrected chi connectivity index (χ1v) is 12.3. The van der Waals surface area contributed by atoms with E-state index in [2.05, 4.69) is 37.6 Å². The molecular formula is C23H33F3N8O2. The largest absolute Gasteiger partial charge is 0.449 e. The lowest BCUT2D eigenvalue weighted by molar-refractivity contribution is -0.137. The number of aryl methyl sites for hydroxylation is 1. The molecule has 0 aliphatic carbocycles. The van der Waals surface area contributed by atoms with Crippen molar-refractivity contribution in [1.29, 1.82) is 0 Å². The van der Waals surface area contributed by atoms with Crippen molar-refractivity contribution in [3.05, 3.63) is 23.5 Å². The number of nitrogens with one attached hydrogen (secondary N) is 2. The molecule has 2 aliphatic rings. The number of rotatable bonds is 8. The highest BCUT2D eigenvalue weighted by Gasteiger charge is 2.35. The molecule has 13 heteroatoms. The van der Waals surface area contributed by atoms with Gasteiger partial charge in [-0.2, -0.15) is 23.3 Å². The molecule has 1 amide bonds. The quantitative estimate of drug-likeness (QED) is 0.513. The summed E-state index contributed by atoms with van der Waals surface area (Å²) in [6.07, 6.45) is 1.77. The second kappa shape index (κ2) is 11.3. The Morgan fingerprint density at radius 2 is 1.94 bits per heavy atom. The number of amides is 1. The van der Waals surface area contributed by atoms with E-state index < -0.39 is 11.7 Å². The van der Waals surface area contributed by atoms with Crippen LogP contribution in [0.25, 0.3) is 0 Å². The molecule has 0 spiro atoms. The number of piperidine rings is 1. The zero-order chi connectivity index (χ0) is 25.7. The number of aromatic nitrogens is 4. The fourth-order valence-corrected chi connectivity index (χ4v) is 4.37. The van der Waals surface area contributed by atoms with Gasteiger partial charge in [0, 0.05) is 37.6 Å². The zero-order valence-electron chi connectivity index (χ0n) is 20.6. The number of anilines is 3. The summed E-state index contributed by atoms with van der Waals surface area (Å²) >= 11 is 0. The van der Waals surface area contributed by atoms with Gasteiger partial charge >= 0.3 is 12.3 Å². The number of hydrogen-bond acceptors (Lipinski definition) is 8. The van der Waals surface area contributed by atoms with Gasteiger partial charge in [0.15, 0.2) is 5.82 Å². The predicted octanol–water partition coefficient (Wildman–Crippen LogP) is 4.05. The van der Waals surface area contributed by atoms with E-state index in [1.807, 2.05) is 17.8 Å². The average Bonchev–Trinajstić information content (AvgIpc) is 3.06. The zero-order valence-corrected chi connectivity index (χ0v) is 20.6. The standard InChI is InChI=1S/C23H33F3N8O2/c1-16-15-34(17-6-11-32(2)12-7-17)31-19(16)29-21-28-14-18(23(24,25)26)20(30-21)27-8-5-10-33-9-3-4-13-36-22(33)35/h14-15,17H,3-13H2,1-2H3,(H2,27,28,29,30,31). The number of halogens is 3. The molecule has 2 aromatic rings. The van der Waals surface area contributed by atoms with E-state index in [1.54, 1.807) is 4.90 Å². The molecule has 0 unspecified atom stereocenters. The van der Waals surface area contributed by atoms with Crippen LogP contribution in [0.5, 0.6) is 0 Å². The fourth-order valence-electron chi connectivity index (χ4n) is 4.37. The SMILES string of the molecule is Cc1cn(C2CCN(C)CC2)nc1Nc1ncc(C(F)(F)F)c(NCCCN2CCCCOC2=O)n1. The Labute approximate surface area is 208 Å². The van der Waals surface area contributed by atoms with Crippen molar-refractivity contribution in [3.63, 3.8) is 0 Å². The highest BCUT2D eigenvalue weighted by Crippen LogP contribution is 2.34. The van der Waals surface area contributed by atoms with E-state index in [1.165, 1.54) is 0 Å². The summed E-state index contributed by atoms with van der Waals surface area (Å²) in [5, 5.41) is 10.4. The van der Waals surface area contributed by atoms with E-state index in [-0.39, 0.29) is 30.4 Å². The summed E-state index contributed by atoms with van der Waals surface area (Å²) in [5.74, 6) is 0.225. The second-order valence-electron chi connectivity index (χ2n) is 9.34. The maximum Gasteiger partial charge on any atom is 0.421 e. The molecule has 0 aromatic carbocycles.